The van der Waals surface area contributed by atoms with Gasteiger partial charge in [0.15, 0.2) is 0 Å². The van der Waals surface area contributed by atoms with E-state index in [1.807, 2.05) is 6.21 Å². The van der Waals surface area contributed by atoms with E-state index in [0.29, 0.717) is 6.04 Å². The molecule has 0 N–H and O–H groups in total. The molecule has 0 aliphatic heterocycles. The van der Waals surface area contributed by atoms with Crippen molar-refractivity contribution in [3.8, 4) is 0 Å². The van der Waals surface area contributed by atoms with Crippen molar-refractivity contribution in [3.05, 3.63) is 35.4 Å². The van der Waals surface area contributed by atoms with Crippen LogP contribution in [0, 0.1) is 6.07 Å². The summed E-state index contributed by atoms with van der Waals surface area (Å²) in [4.78, 5) is 4.72. The van der Waals surface area contributed by atoms with Crippen molar-refractivity contribution in [1.29, 1.82) is 0 Å². The molecule has 0 amide bonds. The van der Waals surface area contributed by atoms with Gasteiger partial charge in [-0.1, -0.05) is 46.2 Å². The third-order valence-corrected chi connectivity index (χ3v) is 3.62. The van der Waals surface area contributed by atoms with Gasteiger partial charge in [-0.15, -0.1) is 35.4 Å². The van der Waals surface area contributed by atoms with Crippen molar-refractivity contribution in [2.24, 2.45) is 4.99 Å². The van der Waals surface area contributed by atoms with Crippen molar-refractivity contribution in [3.63, 3.8) is 0 Å². The van der Waals surface area contributed by atoms with E-state index in [1.54, 1.807) is 0 Å². The van der Waals surface area contributed by atoms with Gasteiger partial charge in [-0.2, -0.15) is 0 Å². The molecule has 4 heteroatoms. The Labute approximate surface area is 146 Å². The Morgan fingerprint density at radius 1 is 1.19 bits per heavy atom. The summed E-state index contributed by atoms with van der Waals surface area (Å²) in [6, 6.07) is 10.4. The summed E-state index contributed by atoms with van der Waals surface area (Å²) in [5.74, 6) is 0. The van der Waals surface area contributed by atoms with Crippen LogP contribution in [0.15, 0.2) is 23.2 Å². The molecule has 1 aromatic rings. The van der Waals surface area contributed by atoms with Crippen LogP contribution in [0.2, 0.25) is 0 Å². The van der Waals surface area contributed by atoms with Crippen LogP contribution in [0.3, 0.4) is 0 Å². The zero-order valence-electron chi connectivity index (χ0n) is 13.1. The van der Waals surface area contributed by atoms with E-state index in [1.165, 1.54) is 37.7 Å². The first-order valence-electron chi connectivity index (χ1n) is 7.49. The van der Waals surface area contributed by atoms with Crippen molar-refractivity contribution in [1.82, 2.24) is 0 Å². The number of rotatable bonds is 2. The zero-order chi connectivity index (χ0) is 15.7. The van der Waals surface area contributed by atoms with Gasteiger partial charge in [-0.3, -0.25) is 0 Å². The summed E-state index contributed by atoms with van der Waals surface area (Å²) >= 11 is -0.556. The van der Waals surface area contributed by atoms with Crippen LogP contribution in [-0.2, 0) is 22.4 Å². The molecule has 2 rings (SSSR count). The number of aliphatic imine (C=N–C) groups is 1. The van der Waals surface area contributed by atoms with Gasteiger partial charge in [0.2, 0.25) is 0 Å². The minimum atomic E-state index is -0.556. The van der Waals surface area contributed by atoms with Gasteiger partial charge in [0.25, 0.3) is 0 Å². The Bertz CT molecular complexity index is 435. The standard InChI is InChI=1S/C17H24N.2ClH.Ti/c1-17(2,3)15-9-7-8-14(12-15)13-18-16-10-5-4-6-11-16;;;/h7-9,13,16H,4-6,10-11H2,1-3H3;2*1H;/q-1;;;+2/p-2. The second kappa shape index (κ2) is 10.1. The van der Waals surface area contributed by atoms with Gasteiger partial charge in [-0.25, -0.2) is 0 Å². The van der Waals surface area contributed by atoms with Crippen LogP contribution in [0.1, 0.15) is 64.0 Å². The van der Waals surface area contributed by atoms with E-state index in [2.05, 4.69) is 45.0 Å². The Balaban J connectivity index is 0.000000677. The van der Waals surface area contributed by atoms with Gasteiger partial charge >= 0.3 is 35.6 Å². The van der Waals surface area contributed by atoms with E-state index in [-0.39, 0.29) is 5.41 Å². The SMILES string of the molecule is CC(C)(C)c1[c-]c(C=NC2CCCCC2)ccc1.[Cl][Ti][Cl]. The molecular formula is C17H24Cl2NTi-. The maximum atomic E-state index is 4.89. The molecule has 0 unspecified atom stereocenters. The molecule has 0 aromatic heterocycles. The first-order chi connectivity index (χ1) is 9.97. The maximum absolute atomic E-state index is 4.89. The first kappa shape index (κ1) is 19.2. The third-order valence-electron chi connectivity index (χ3n) is 3.62. The fraction of sp³-hybridized carbons (Fsp3) is 0.588. The predicted molar refractivity (Wildman–Crippen MR) is 90.2 cm³/mol. The Kier molecular flexibility index (Phi) is 9.21. The Morgan fingerprint density at radius 3 is 2.38 bits per heavy atom. The van der Waals surface area contributed by atoms with Gasteiger partial charge in [0, 0.05) is 6.04 Å². The monoisotopic (exact) mass is 360 g/mol. The van der Waals surface area contributed by atoms with Crippen LogP contribution < -0.4 is 0 Å². The molecule has 1 aliphatic rings. The molecule has 1 nitrogen and oxygen atoms in total. The van der Waals surface area contributed by atoms with Crippen molar-refractivity contribution < 1.29 is 17.0 Å². The van der Waals surface area contributed by atoms with Gasteiger partial charge in [0.1, 0.15) is 0 Å². The average Bonchev–Trinajstić information content (AvgIpc) is 2.46. The molecule has 1 fully saturated rings. The second-order valence-corrected chi connectivity index (χ2v) is 8.99. The molecule has 116 valence electrons. The molecular weight excluding hydrogens is 337 g/mol. The van der Waals surface area contributed by atoms with E-state index in [0.717, 1.165) is 5.56 Å². The summed E-state index contributed by atoms with van der Waals surface area (Å²) < 4.78 is 0. The fourth-order valence-electron chi connectivity index (χ4n) is 2.42. The second-order valence-electron chi connectivity index (χ2n) is 6.41. The molecule has 0 atom stereocenters. The Morgan fingerprint density at radius 2 is 1.81 bits per heavy atom. The molecule has 0 spiro atoms. The fourth-order valence-corrected chi connectivity index (χ4v) is 2.42. The molecule has 1 aromatic carbocycles. The van der Waals surface area contributed by atoms with Crippen LogP contribution in [-0.4, -0.2) is 12.3 Å². The predicted octanol–water partition coefficient (Wildman–Crippen LogP) is 5.91. The molecule has 21 heavy (non-hydrogen) atoms. The quantitative estimate of drug-likeness (QED) is 0.353. The zero-order valence-corrected chi connectivity index (χ0v) is 16.2. The average molecular weight is 361 g/mol. The van der Waals surface area contributed by atoms with E-state index in [9.17, 15) is 0 Å². The number of hydrogen-bond acceptors (Lipinski definition) is 1. The molecule has 1 aliphatic carbocycles. The van der Waals surface area contributed by atoms with Crippen molar-refractivity contribution in [2.75, 3.05) is 0 Å². The molecule has 1 saturated carbocycles. The minimum absolute atomic E-state index is 0.161. The van der Waals surface area contributed by atoms with Crippen molar-refractivity contribution in [2.45, 2.75) is 64.3 Å². The van der Waals surface area contributed by atoms with Crippen LogP contribution in [0.25, 0.3) is 0 Å². The van der Waals surface area contributed by atoms with Crippen LogP contribution in [0.4, 0.5) is 0 Å². The summed E-state index contributed by atoms with van der Waals surface area (Å²) in [5, 5.41) is 0. The van der Waals surface area contributed by atoms with E-state index >= 15 is 0 Å². The molecule has 0 saturated heterocycles. The topological polar surface area (TPSA) is 12.4 Å². The van der Waals surface area contributed by atoms with Gasteiger partial charge < -0.3 is 4.99 Å². The summed E-state index contributed by atoms with van der Waals surface area (Å²) in [5.41, 5.74) is 2.54. The molecule has 0 radical (unpaired) electrons. The van der Waals surface area contributed by atoms with Crippen LogP contribution in [0.5, 0.6) is 0 Å². The van der Waals surface area contributed by atoms with E-state index in [4.69, 9.17) is 23.6 Å². The number of nitrogens with zero attached hydrogens (tertiary/aromatic N) is 1. The van der Waals surface area contributed by atoms with E-state index < -0.39 is 17.0 Å². The molecule has 0 bridgehead atoms. The third kappa shape index (κ3) is 7.84. The number of hydrogen-bond donors (Lipinski definition) is 0. The summed E-state index contributed by atoms with van der Waals surface area (Å²) in [6.07, 6.45) is 8.61. The number of benzene rings is 1. The normalized spacial score (nSPS) is 16.4. The van der Waals surface area contributed by atoms with Gasteiger partial charge in [0.05, 0.1) is 0 Å². The van der Waals surface area contributed by atoms with Gasteiger partial charge in [-0.05, 0) is 18.3 Å². The first-order valence-corrected chi connectivity index (χ1v) is 11.8. The van der Waals surface area contributed by atoms with Crippen molar-refractivity contribution >= 4 is 24.8 Å². The summed E-state index contributed by atoms with van der Waals surface area (Å²) in [7, 11) is 9.78. The summed E-state index contributed by atoms with van der Waals surface area (Å²) in [6.45, 7) is 6.67. The number of halogens is 2. The molecule has 0 heterocycles. The Hall–Kier alpha value is 0.184. The van der Waals surface area contributed by atoms with Crippen LogP contribution >= 0.6 is 18.6 Å².